The van der Waals surface area contributed by atoms with Crippen molar-refractivity contribution >= 4 is 29.1 Å². The third kappa shape index (κ3) is 5.48. The molecule has 7 heteroatoms. The van der Waals surface area contributed by atoms with Crippen molar-refractivity contribution in [2.24, 2.45) is 0 Å². The number of rotatable bonds is 6. The molecule has 0 amide bonds. The number of hydrogen-bond acceptors (Lipinski definition) is 5. The molecule has 0 saturated carbocycles. The zero-order valence-corrected chi connectivity index (χ0v) is 14.4. The summed E-state index contributed by atoms with van der Waals surface area (Å²) in [6, 6.07) is 2.00. The van der Waals surface area contributed by atoms with E-state index in [0.717, 1.165) is 62.3 Å². The summed E-state index contributed by atoms with van der Waals surface area (Å²) in [4.78, 5) is 4.66. The molecule has 1 aromatic heterocycles. The molecule has 1 aliphatic rings. The van der Waals surface area contributed by atoms with E-state index in [1.807, 2.05) is 24.8 Å². The molecule has 0 bridgehead atoms. The van der Waals surface area contributed by atoms with Crippen LogP contribution in [0.15, 0.2) is 10.6 Å². The topological polar surface area (TPSA) is 44.5 Å². The Labute approximate surface area is 136 Å². The summed E-state index contributed by atoms with van der Waals surface area (Å²) < 4.78 is 5.11. The highest BCUT2D eigenvalue weighted by Crippen LogP contribution is 2.09. The van der Waals surface area contributed by atoms with Gasteiger partial charge in [0.25, 0.3) is 0 Å². The molecule has 0 aromatic carbocycles. The van der Waals surface area contributed by atoms with Gasteiger partial charge in [-0.2, -0.15) is 11.8 Å². The molecule has 0 atom stereocenters. The van der Waals surface area contributed by atoms with Crippen molar-refractivity contribution in [1.29, 1.82) is 0 Å². The van der Waals surface area contributed by atoms with Crippen molar-refractivity contribution in [3.05, 3.63) is 17.5 Å². The van der Waals surface area contributed by atoms with Gasteiger partial charge in [-0.15, -0.1) is 0 Å². The molecule has 1 N–H and O–H groups in total. The van der Waals surface area contributed by atoms with Crippen molar-refractivity contribution in [3.63, 3.8) is 0 Å². The van der Waals surface area contributed by atoms with Crippen LogP contribution in [0.4, 0.5) is 0 Å². The average molecular weight is 329 g/mol. The summed E-state index contributed by atoms with van der Waals surface area (Å²) in [5.41, 5.74) is 1.01. The lowest BCUT2D eigenvalue weighted by Crippen LogP contribution is -2.51. The predicted octanol–water partition coefficient (Wildman–Crippen LogP) is 1.73. The SMILES string of the molecule is CSCCCNC(=S)N1CCN(Cc2cc(C)on2)CC1. The molecule has 2 heterocycles. The Morgan fingerprint density at radius 3 is 2.81 bits per heavy atom. The normalized spacial score (nSPS) is 16.2. The van der Waals surface area contributed by atoms with Crippen molar-refractivity contribution < 1.29 is 4.52 Å². The van der Waals surface area contributed by atoms with E-state index < -0.39 is 0 Å². The molecule has 1 fully saturated rings. The number of nitrogens with zero attached hydrogens (tertiary/aromatic N) is 3. The Balaban J connectivity index is 1.66. The number of nitrogens with one attached hydrogen (secondary N) is 1. The molecule has 0 spiro atoms. The first-order valence-electron chi connectivity index (χ1n) is 7.35. The monoisotopic (exact) mass is 328 g/mol. The molecule has 2 rings (SSSR count). The van der Waals surface area contributed by atoms with E-state index in [1.54, 1.807) is 0 Å². The fourth-order valence-corrected chi connectivity index (χ4v) is 3.07. The molecule has 0 aliphatic carbocycles. The lowest BCUT2D eigenvalue weighted by Gasteiger charge is -2.35. The second kappa shape index (κ2) is 8.60. The van der Waals surface area contributed by atoms with Crippen LogP contribution in [0.5, 0.6) is 0 Å². The van der Waals surface area contributed by atoms with Gasteiger partial charge in [0, 0.05) is 45.3 Å². The average Bonchev–Trinajstić information content (AvgIpc) is 2.89. The van der Waals surface area contributed by atoms with Gasteiger partial charge in [0.05, 0.1) is 5.69 Å². The third-order valence-corrected chi connectivity index (χ3v) is 4.62. The summed E-state index contributed by atoms with van der Waals surface area (Å²) in [5, 5.41) is 8.30. The summed E-state index contributed by atoms with van der Waals surface area (Å²) in [6.45, 7) is 7.74. The summed E-state index contributed by atoms with van der Waals surface area (Å²) >= 11 is 7.33. The molecule has 0 unspecified atom stereocenters. The number of hydrogen-bond donors (Lipinski definition) is 1. The number of thioether (sulfide) groups is 1. The van der Waals surface area contributed by atoms with Crippen LogP contribution in [0.1, 0.15) is 17.9 Å². The number of thiocarbonyl (C=S) groups is 1. The number of aromatic nitrogens is 1. The van der Waals surface area contributed by atoms with Crippen LogP contribution in [-0.2, 0) is 6.54 Å². The van der Waals surface area contributed by atoms with Crippen LogP contribution in [0.3, 0.4) is 0 Å². The molecule has 21 heavy (non-hydrogen) atoms. The van der Waals surface area contributed by atoms with Crippen LogP contribution in [0.2, 0.25) is 0 Å². The van der Waals surface area contributed by atoms with Gasteiger partial charge in [-0.25, -0.2) is 0 Å². The molecule has 5 nitrogen and oxygen atoms in total. The molecule has 0 radical (unpaired) electrons. The minimum atomic E-state index is 0.860. The smallest absolute Gasteiger partial charge is 0.169 e. The molecule has 1 aliphatic heterocycles. The zero-order chi connectivity index (χ0) is 15.1. The zero-order valence-electron chi connectivity index (χ0n) is 12.8. The maximum absolute atomic E-state index is 5.46. The van der Waals surface area contributed by atoms with Gasteiger partial charge in [-0.1, -0.05) is 5.16 Å². The van der Waals surface area contributed by atoms with Gasteiger partial charge in [0.1, 0.15) is 5.76 Å². The van der Waals surface area contributed by atoms with E-state index in [4.69, 9.17) is 16.7 Å². The quantitative estimate of drug-likeness (QED) is 0.630. The first kappa shape index (κ1) is 16.6. The van der Waals surface area contributed by atoms with Gasteiger partial charge < -0.3 is 14.7 Å². The van der Waals surface area contributed by atoms with Crippen LogP contribution in [0.25, 0.3) is 0 Å². The van der Waals surface area contributed by atoms with E-state index in [9.17, 15) is 0 Å². The van der Waals surface area contributed by atoms with Gasteiger partial charge in [0.15, 0.2) is 5.11 Å². The third-order valence-electron chi connectivity index (χ3n) is 3.52. The van der Waals surface area contributed by atoms with Gasteiger partial charge in [-0.05, 0) is 37.6 Å². The molecular formula is C14H24N4OS2. The Morgan fingerprint density at radius 2 is 2.19 bits per heavy atom. The Bertz CT molecular complexity index is 444. The van der Waals surface area contributed by atoms with Crippen molar-refractivity contribution in [1.82, 2.24) is 20.3 Å². The lowest BCUT2D eigenvalue weighted by molar-refractivity contribution is 0.171. The molecule has 1 saturated heterocycles. The summed E-state index contributed by atoms with van der Waals surface area (Å²) in [5.74, 6) is 2.06. The van der Waals surface area contributed by atoms with Gasteiger partial charge in [0.2, 0.25) is 0 Å². The van der Waals surface area contributed by atoms with Crippen molar-refractivity contribution in [2.75, 3.05) is 44.7 Å². The Hall–Kier alpha value is -0.790. The van der Waals surface area contributed by atoms with Gasteiger partial charge >= 0.3 is 0 Å². The maximum Gasteiger partial charge on any atom is 0.169 e. The van der Waals surface area contributed by atoms with Crippen molar-refractivity contribution in [2.45, 2.75) is 19.9 Å². The number of piperazine rings is 1. The fourth-order valence-electron chi connectivity index (χ4n) is 2.35. The van der Waals surface area contributed by atoms with Crippen LogP contribution < -0.4 is 5.32 Å². The highest BCUT2D eigenvalue weighted by Gasteiger charge is 2.19. The molecular weight excluding hydrogens is 304 g/mol. The molecule has 1 aromatic rings. The Morgan fingerprint density at radius 1 is 1.43 bits per heavy atom. The fraction of sp³-hybridized carbons (Fsp3) is 0.714. The van der Waals surface area contributed by atoms with Gasteiger partial charge in [-0.3, -0.25) is 4.90 Å². The van der Waals surface area contributed by atoms with Crippen molar-refractivity contribution in [3.8, 4) is 0 Å². The standard InChI is InChI=1S/C14H24N4OS2/c1-12-10-13(16-19-12)11-17-5-7-18(8-6-17)14(20)15-4-3-9-21-2/h10H,3-9,11H2,1-2H3,(H,15,20). The minimum Gasteiger partial charge on any atom is -0.363 e. The summed E-state index contributed by atoms with van der Waals surface area (Å²) in [7, 11) is 0. The first-order chi connectivity index (χ1) is 10.2. The summed E-state index contributed by atoms with van der Waals surface area (Å²) in [6.07, 6.45) is 3.29. The number of aryl methyl sites for hydroxylation is 1. The van der Waals surface area contributed by atoms with E-state index in [1.165, 1.54) is 5.75 Å². The van der Waals surface area contributed by atoms with Crippen LogP contribution >= 0.6 is 24.0 Å². The highest BCUT2D eigenvalue weighted by molar-refractivity contribution is 7.98. The molecule has 118 valence electrons. The lowest BCUT2D eigenvalue weighted by atomic mass is 10.3. The highest BCUT2D eigenvalue weighted by atomic mass is 32.2. The largest absolute Gasteiger partial charge is 0.363 e. The first-order valence-corrected chi connectivity index (χ1v) is 9.15. The van der Waals surface area contributed by atoms with E-state index in [2.05, 4.69) is 26.5 Å². The predicted molar refractivity (Wildman–Crippen MR) is 91.7 cm³/mol. The van der Waals surface area contributed by atoms with E-state index in [0.29, 0.717) is 0 Å². The van der Waals surface area contributed by atoms with Crippen LogP contribution in [-0.4, -0.2) is 64.8 Å². The maximum atomic E-state index is 5.46. The van der Waals surface area contributed by atoms with E-state index >= 15 is 0 Å². The van der Waals surface area contributed by atoms with E-state index in [-0.39, 0.29) is 0 Å². The Kier molecular flexibility index (Phi) is 6.79. The second-order valence-corrected chi connectivity index (χ2v) is 6.64. The minimum absolute atomic E-state index is 0.860. The van der Waals surface area contributed by atoms with Crippen LogP contribution in [0, 0.1) is 6.92 Å². The second-order valence-electron chi connectivity index (χ2n) is 5.27.